The van der Waals surface area contributed by atoms with Crippen molar-refractivity contribution in [2.75, 3.05) is 19.5 Å². The second-order valence-corrected chi connectivity index (χ2v) is 6.39. The topological polar surface area (TPSA) is 74.0 Å². The molecule has 2 heterocycles. The van der Waals surface area contributed by atoms with Gasteiger partial charge in [-0.1, -0.05) is 15.9 Å². The number of fused-ring (bicyclic) bond motifs is 1. The maximum atomic E-state index is 12.4. The van der Waals surface area contributed by atoms with Crippen molar-refractivity contribution < 1.29 is 19.0 Å². The fourth-order valence-corrected chi connectivity index (χ4v) is 3.70. The molecule has 0 aromatic heterocycles. The summed E-state index contributed by atoms with van der Waals surface area (Å²) in [4.78, 5) is 16.4. The van der Waals surface area contributed by atoms with Crippen molar-refractivity contribution in [1.29, 1.82) is 0 Å². The minimum absolute atomic E-state index is 0.274. The minimum Gasteiger partial charge on any atom is -0.621 e. The first-order valence-electron chi connectivity index (χ1n) is 5.90. The summed E-state index contributed by atoms with van der Waals surface area (Å²) in [6.45, 7) is 3.58. The summed E-state index contributed by atoms with van der Waals surface area (Å²) in [6.07, 6.45) is 0. The lowest BCUT2D eigenvalue weighted by molar-refractivity contribution is -0.603. The second kappa shape index (κ2) is 5.50. The van der Waals surface area contributed by atoms with Gasteiger partial charge in [0.15, 0.2) is 0 Å². The molecule has 0 aromatic carbocycles. The molecule has 110 valence electrons. The molecule has 0 spiro atoms. The van der Waals surface area contributed by atoms with Gasteiger partial charge in [-0.2, -0.15) is 4.74 Å². The highest BCUT2D eigenvalue weighted by Crippen LogP contribution is 2.47. The van der Waals surface area contributed by atoms with Gasteiger partial charge in [0.25, 0.3) is 0 Å². The third kappa shape index (κ3) is 2.01. The van der Waals surface area contributed by atoms with Gasteiger partial charge in [0.2, 0.25) is 11.8 Å². The van der Waals surface area contributed by atoms with Crippen LogP contribution in [0.15, 0.2) is 16.1 Å². The number of hydrogen-bond donors (Lipinski definition) is 0. The van der Waals surface area contributed by atoms with Gasteiger partial charge in [-0.15, -0.1) is 0 Å². The number of carbonyl (C=O) groups excluding carboxylic acids is 1. The SMILES string of the molecule is COC(=O)C(=C(C)CBr)C1=[N+]([O-])C2(OC)SC(C)=NC12. The number of thioether (sulfide) groups is 1. The summed E-state index contributed by atoms with van der Waals surface area (Å²) >= 11 is 4.56. The van der Waals surface area contributed by atoms with Crippen LogP contribution in [0.25, 0.3) is 0 Å². The summed E-state index contributed by atoms with van der Waals surface area (Å²) in [7, 11) is 2.76. The molecule has 20 heavy (non-hydrogen) atoms. The molecule has 2 aliphatic heterocycles. The van der Waals surface area contributed by atoms with Crippen molar-refractivity contribution in [2.24, 2.45) is 4.99 Å². The van der Waals surface area contributed by atoms with Crippen LogP contribution in [0.5, 0.6) is 0 Å². The lowest BCUT2D eigenvalue weighted by Gasteiger charge is -2.38. The Kier molecular flexibility index (Phi) is 4.27. The van der Waals surface area contributed by atoms with Crippen molar-refractivity contribution in [1.82, 2.24) is 0 Å². The van der Waals surface area contributed by atoms with Crippen molar-refractivity contribution in [3.05, 3.63) is 16.4 Å². The van der Waals surface area contributed by atoms with Crippen LogP contribution in [0, 0.1) is 5.21 Å². The fraction of sp³-hybridized carbons (Fsp3) is 0.583. The van der Waals surface area contributed by atoms with Gasteiger partial charge >= 0.3 is 11.0 Å². The first-order valence-corrected chi connectivity index (χ1v) is 7.83. The van der Waals surface area contributed by atoms with Crippen LogP contribution in [0.1, 0.15) is 13.8 Å². The largest absolute Gasteiger partial charge is 0.621 e. The van der Waals surface area contributed by atoms with Crippen molar-refractivity contribution in [3.8, 4) is 0 Å². The predicted octanol–water partition coefficient (Wildman–Crippen LogP) is 1.67. The van der Waals surface area contributed by atoms with Crippen LogP contribution < -0.4 is 0 Å². The van der Waals surface area contributed by atoms with E-state index in [0.29, 0.717) is 11.0 Å². The quantitative estimate of drug-likeness (QED) is 0.250. The second-order valence-electron chi connectivity index (χ2n) is 4.45. The molecule has 0 N–H and O–H groups in total. The number of rotatable bonds is 4. The number of hydrogen-bond acceptors (Lipinski definition) is 6. The van der Waals surface area contributed by atoms with Gasteiger partial charge in [-0.3, -0.25) is 4.99 Å². The van der Waals surface area contributed by atoms with E-state index >= 15 is 0 Å². The summed E-state index contributed by atoms with van der Waals surface area (Å²) < 4.78 is 10.8. The molecule has 6 nitrogen and oxygen atoms in total. The van der Waals surface area contributed by atoms with E-state index in [-0.39, 0.29) is 5.57 Å². The highest BCUT2D eigenvalue weighted by molar-refractivity contribution is 9.09. The molecule has 0 amide bonds. The minimum atomic E-state index is -1.08. The summed E-state index contributed by atoms with van der Waals surface area (Å²) in [5, 5.41) is 12.6. The Labute approximate surface area is 129 Å². The van der Waals surface area contributed by atoms with E-state index in [1.54, 1.807) is 6.92 Å². The predicted molar refractivity (Wildman–Crippen MR) is 81.4 cm³/mol. The molecule has 0 saturated carbocycles. The van der Waals surface area contributed by atoms with Crippen LogP contribution >= 0.6 is 27.7 Å². The Bertz CT molecular complexity index is 558. The lowest BCUT2D eigenvalue weighted by Crippen LogP contribution is -2.63. The average molecular weight is 363 g/mol. The molecule has 2 unspecified atom stereocenters. The summed E-state index contributed by atoms with van der Waals surface area (Å²) in [5.41, 5.74) is 1.30. The number of methoxy groups -OCH3 is 2. The maximum absolute atomic E-state index is 12.4. The Morgan fingerprint density at radius 2 is 2.25 bits per heavy atom. The van der Waals surface area contributed by atoms with E-state index in [9.17, 15) is 10.0 Å². The van der Waals surface area contributed by atoms with E-state index in [2.05, 4.69) is 20.9 Å². The smallest absolute Gasteiger partial charge is 0.366 e. The first-order chi connectivity index (χ1) is 9.42. The molecule has 0 saturated heterocycles. The number of carbonyl (C=O) groups is 1. The van der Waals surface area contributed by atoms with Gasteiger partial charge in [0.05, 0.1) is 12.2 Å². The number of esters is 1. The molecule has 2 atom stereocenters. The molecule has 0 fully saturated rings. The van der Waals surface area contributed by atoms with Crippen molar-refractivity contribution >= 4 is 44.4 Å². The third-order valence-electron chi connectivity index (χ3n) is 3.28. The average Bonchev–Trinajstić information content (AvgIpc) is 2.76. The molecule has 0 aromatic rings. The zero-order valence-corrected chi connectivity index (χ0v) is 14.0. The van der Waals surface area contributed by atoms with Gasteiger partial charge in [-0.25, -0.2) is 4.79 Å². The lowest BCUT2D eigenvalue weighted by atomic mass is 9.93. The Hall–Kier alpha value is -0.860. The highest BCUT2D eigenvalue weighted by Gasteiger charge is 2.68. The maximum Gasteiger partial charge on any atom is 0.366 e. The Morgan fingerprint density at radius 1 is 1.60 bits per heavy atom. The zero-order chi connectivity index (χ0) is 15.1. The molecular weight excluding hydrogens is 348 g/mol. The van der Waals surface area contributed by atoms with Crippen LogP contribution in [0.2, 0.25) is 0 Å². The highest BCUT2D eigenvalue weighted by atomic mass is 79.9. The van der Waals surface area contributed by atoms with E-state index in [1.807, 2.05) is 6.92 Å². The number of nitrogens with zero attached hydrogens (tertiary/aromatic N) is 2. The molecule has 2 rings (SSSR count). The monoisotopic (exact) mass is 362 g/mol. The first kappa shape index (κ1) is 15.5. The van der Waals surface area contributed by atoms with Gasteiger partial charge in [-0.05, 0) is 19.4 Å². The van der Waals surface area contributed by atoms with E-state index < -0.39 is 17.1 Å². The number of hydroxylamine groups is 1. The summed E-state index contributed by atoms with van der Waals surface area (Å²) in [5.74, 6) is -0.535. The standard InChI is InChI=1S/C12H15BrN2O4S/c1-6(5-13)8(11(16)18-3)9-10-12(19-4,15(9)17)20-7(2)14-10/h10H,5H2,1-4H3. The molecule has 8 heteroatoms. The summed E-state index contributed by atoms with van der Waals surface area (Å²) in [6, 6.07) is -0.474. The Balaban J connectivity index is 2.54. The van der Waals surface area contributed by atoms with Crippen LogP contribution in [-0.4, -0.2) is 52.1 Å². The Morgan fingerprint density at radius 3 is 2.75 bits per heavy atom. The fourth-order valence-electron chi connectivity index (χ4n) is 2.30. The zero-order valence-electron chi connectivity index (χ0n) is 11.6. The molecule has 0 bridgehead atoms. The van der Waals surface area contributed by atoms with E-state index in [0.717, 1.165) is 15.4 Å². The van der Waals surface area contributed by atoms with E-state index in [1.165, 1.54) is 26.0 Å². The van der Waals surface area contributed by atoms with Crippen LogP contribution in [0.4, 0.5) is 0 Å². The third-order valence-corrected chi connectivity index (χ3v) is 5.37. The van der Waals surface area contributed by atoms with Gasteiger partial charge < -0.3 is 14.7 Å². The van der Waals surface area contributed by atoms with Gasteiger partial charge in [0, 0.05) is 24.2 Å². The van der Waals surface area contributed by atoms with Gasteiger partial charge in [0.1, 0.15) is 5.57 Å². The normalized spacial score (nSPS) is 29.4. The molecular formula is C12H15BrN2O4S. The van der Waals surface area contributed by atoms with Crippen LogP contribution in [0.3, 0.4) is 0 Å². The number of allylic oxidation sites excluding steroid dienone is 1. The number of ether oxygens (including phenoxy) is 2. The van der Waals surface area contributed by atoms with Crippen LogP contribution in [-0.2, 0) is 14.3 Å². The molecule has 0 radical (unpaired) electrons. The molecule has 2 aliphatic rings. The van der Waals surface area contributed by atoms with E-state index in [4.69, 9.17) is 9.47 Å². The molecule has 0 aliphatic carbocycles. The number of halogens is 1. The van der Waals surface area contributed by atoms with Crippen molar-refractivity contribution in [2.45, 2.75) is 24.9 Å². The van der Waals surface area contributed by atoms with Crippen molar-refractivity contribution in [3.63, 3.8) is 0 Å². The number of aliphatic imine (C=N–C) groups is 1. The number of alkyl halides is 1.